The van der Waals surface area contributed by atoms with Gasteiger partial charge in [-0.15, -0.1) is 0 Å². The van der Waals surface area contributed by atoms with Crippen LogP contribution < -0.4 is 10.2 Å². The van der Waals surface area contributed by atoms with Crippen molar-refractivity contribution in [2.75, 3.05) is 37.6 Å². The van der Waals surface area contributed by atoms with Crippen LogP contribution in [0.3, 0.4) is 0 Å². The minimum atomic E-state index is -0.204. The number of aryl methyl sites for hydroxylation is 1. The van der Waals surface area contributed by atoms with E-state index in [1.54, 1.807) is 12.1 Å². The van der Waals surface area contributed by atoms with Crippen molar-refractivity contribution in [3.8, 4) is 0 Å². The number of nitrogens with zero attached hydrogens (tertiary/aromatic N) is 2. The van der Waals surface area contributed by atoms with Crippen LogP contribution in [0.25, 0.3) is 0 Å². The van der Waals surface area contributed by atoms with Gasteiger partial charge in [-0.1, -0.05) is 42.0 Å². The van der Waals surface area contributed by atoms with Crippen LogP contribution in [0.5, 0.6) is 0 Å². The molecule has 0 aromatic heterocycles. The average Bonchev–Trinajstić information content (AvgIpc) is 3.48. The molecule has 2 aliphatic rings. The first-order valence-electron chi connectivity index (χ1n) is 9.67. The van der Waals surface area contributed by atoms with E-state index >= 15 is 0 Å². The average molecular weight is 367 g/mol. The number of hydrogen-bond acceptors (Lipinski definition) is 2. The van der Waals surface area contributed by atoms with Crippen LogP contribution in [0.1, 0.15) is 24.0 Å². The van der Waals surface area contributed by atoms with Crippen molar-refractivity contribution in [3.63, 3.8) is 0 Å². The Morgan fingerprint density at radius 3 is 2.33 bits per heavy atom. The molecule has 0 bridgehead atoms. The molecule has 1 N–H and O–H groups in total. The predicted octanol–water partition coefficient (Wildman–Crippen LogP) is 3.70. The summed E-state index contributed by atoms with van der Waals surface area (Å²) in [5.41, 5.74) is 3.30. The normalized spacial score (nSPS) is 18.3. The summed E-state index contributed by atoms with van der Waals surface area (Å²) >= 11 is 0. The second kappa shape index (κ2) is 7.22. The maximum absolute atomic E-state index is 13.9. The van der Waals surface area contributed by atoms with E-state index in [-0.39, 0.29) is 17.3 Å². The first-order valence-corrected chi connectivity index (χ1v) is 9.67. The summed E-state index contributed by atoms with van der Waals surface area (Å²) < 4.78 is 13.9. The van der Waals surface area contributed by atoms with Crippen LogP contribution in [-0.2, 0) is 5.41 Å². The quantitative estimate of drug-likeness (QED) is 0.894. The summed E-state index contributed by atoms with van der Waals surface area (Å²) in [6.45, 7) is 5.29. The molecule has 27 heavy (non-hydrogen) atoms. The lowest BCUT2D eigenvalue weighted by molar-refractivity contribution is 0.193. The molecule has 2 amide bonds. The van der Waals surface area contributed by atoms with E-state index in [9.17, 15) is 9.18 Å². The second-order valence-corrected chi connectivity index (χ2v) is 7.73. The highest BCUT2D eigenvalue weighted by molar-refractivity contribution is 5.75. The predicted molar refractivity (Wildman–Crippen MR) is 106 cm³/mol. The number of urea groups is 1. The second-order valence-electron chi connectivity index (χ2n) is 7.73. The van der Waals surface area contributed by atoms with Gasteiger partial charge in [0, 0.05) is 38.1 Å². The number of para-hydroxylation sites is 1. The summed E-state index contributed by atoms with van der Waals surface area (Å²) in [5, 5.41) is 3.13. The standard InChI is InChI=1S/C22H26FN3O/c1-17-6-8-18(9-7-17)22(10-11-22)16-24-21(27)26-14-12-25(13-15-26)20-5-3-2-4-19(20)23/h2-9H,10-16H2,1H3,(H,24,27). The van der Waals surface area contributed by atoms with Crippen molar-refractivity contribution in [3.05, 3.63) is 65.5 Å². The van der Waals surface area contributed by atoms with Crippen molar-refractivity contribution in [1.29, 1.82) is 0 Å². The summed E-state index contributed by atoms with van der Waals surface area (Å²) in [5.74, 6) is -0.204. The van der Waals surface area contributed by atoms with Gasteiger partial charge in [-0.25, -0.2) is 9.18 Å². The Hall–Kier alpha value is -2.56. The summed E-state index contributed by atoms with van der Waals surface area (Å²) in [6, 6.07) is 15.4. The molecule has 5 heteroatoms. The molecule has 0 unspecified atom stereocenters. The van der Waals surface area contributed by atoms with Crippen LogP contribution in [-0.4, -0.2) is 43.7 Å². The summed E-state index contributed by atoms with van der Waals surface area (Å²) in [7, 11) is 0. The minimum Gasteiger partial charge on any atom is -0.366 e. The van der Waals surface area contributed by atoms with E-state index < -0.39 is 0 Å². The van der Waals surface area contributed by atoms with Crippen molar-refractivity contribution >= 4 is 11.7 Å². The number of carbonyl (C=O) groups excluding carboxylic acids is 1. The number of halogens is 1. The van der Waals surface area contributed by atoms with E-state index in [0.717, 1.165) is 12.8 Å². The lowest BCUT2D eigenvalue weighted by Crippen LogP contribution is -2.52. The minimum absolute atomic E-state index is 0.0124. The van der Waals surface area contributed by atoms with Gasteiger partial charge in [-0.3, -0.25) is 0 Å². The van der Waals surface area contributed by atoms with E-state index in [0.29, 0.717) is 38.4 Å². The van der Waals surface area contributed by atoms with Gasteiger partial charge >= 0.3 is 6.03 Å². The first kappa shape index (κ1) is 17.8. The maximum Gasteiger partial charge on any atom is 0.317 e. The molecular weight excluding hydrogens is 341 g/mol. The number of anilines is 1. The fourth-order valence-corrected chi connectivity index (χ4v) is 3.84. The number of benzene rings is 2. The van der Waals surface area contributed by atoms with Crippen LogP contribution >= 0.6 is 0 Å². The van der Waals surface area contributed by atoms with Crippen LogP contribution in [0.4, 0.5) is 14.9 Å². The highest BCUT2D eigenvalue weighted by atomic mass is 19.1. The molecule has 142 valence electrons. The van der Waals surface area contributed by atoms with Gasteiger partial charge in [0.15, 0.2) is 0 Å². The Bertz CT molecular complexity index is 809. The SMILES string of the molecule is Cc1ccc(C2(CNC(=O)N3CCN(c4ccccc4F)CC3)CC2)cc1. The Morgan fingerprint density at radius 1 is 1.04 bits per heavy atom. The monoisotopic (exact) mass is 367 g/mol. The highest BCUT2D eigenvalue weighted by Crippen LogP contribution is 2.47. The third-order valence-electron chi connectivity index (χ3n) is 5.86. The van der Waals surface area contributed by atoms with Crippen molar-refractivity contribution in [2.24, 2.45) is 0 Å². The number of carbonyl (C=O) groups is 1. The molecule has 2 fully saturated rings. The van der Waals surface area contributed by atoms with Gasteiger partial charge in [0.05, 0.1) is 5.69 Å². The molecule has 0 atom stereocenters. The lowest BCUT2D eigenvalue weighted by Gasteiger charge is -2.36. The van der Waals surface area contributed by atoms with Gasteiger partial charge < -0.3 is 15.1 Å². The van der Waals surface area contributed by atoms with Gasteiger partial charge in [-0.2, -0.15) is 0 Å². The van der Waals surface area contributed by atoms with Crippen molar-refractivity contribution < 1.29 is 9.18 Å². The lowest BCUT2D eigenvalue weighted by atomic mass is 9.95. The van der Waals surface area contributed by atoms with Crippen LogP contribution in [0.2, 0.25) is 0 Å². The number of rotatable bonds is 4. The van der Waals surface area contributed by atoms with Gasteiger partial charge in [0.2, 0.25) is 0 Å². The molecule has 1 saturated heterocycles. The molecule has 4 nitrogen and oxygen atoms in total. The molecule has 1 heterocycles. The van der Waals surface area contributed by atoms with Crippen LogP contribution in [0.15, 0.2) is 48.5 Å². The molecule has 4 rings (SSSR count). The molecule has 0 radical (unpaired) electrons. The molecule has 0 spiro atoms. The van der Waals surface area contributed by atoms with E-state index in [2.05, 4.69) is 36.5 Å². The van der Waals surface area contributed by atoms with Gasteiger partial charge in [0.1, 0.15) is 5.82 Å². The summed E-state index contributed by atoms with van der Waals surface area (Å²) in [6.07, 6.45) is 2.24. The number of piperazine rings is 1. The highest BCUT2D eigenvalue weighted by Gasteiger charge is 2.44. The van der Waals surface area contributed by atoms with Crippen molar-refractivity contribution in [2.45, 2.75) is 25.2 Å². The van der Waals surface area contributed by atoms with Crippen molar-refractivity contribution in [1.82, 2.24) is 10.2 Å². The fraction of sp³-hybridized carbons (Fsp3) is 0.409. The Balaban J connectivity index is 1.30. The third kappa shape index (κ3) is 3.77. The molecule has 1 saturated carbocycles. The maximum atomic E-state index is 13.9. The van der Waals surface area contributed by atoms with E-state index in [1.165, 1.54) is 17.2 Å². The number of hydrogen-bond donors (Lipinski definition) is 1. The summed E-state index contributed by atoms with van der Waals surface area (Å²) in [4.78, 5) is 16.4. The smallest absolute Gasteiger partial charge is 0.317 e. The number of nitrogens with one attached hydrogen (secondary N) is 1. The Kier molecular flexibility index (Phi) is 4.77. The first-order chi connectivity index (χ1) is 13.1. The zero-order valence-electron chi connectivity index (χ0n) is 15.7. The van der Waals surface area contributed by atoms with E-state index in [4.69, 9.17) is 0 Å². The zero-order chi connectivity index (χ0) is 18.9. The number of amides is 2. The topological polar surface area (TPSA) is 35.6 Å². The molecule has 2 aromatic rings. The molecular formula is C22H26FN3O. The van der Waals surface area contributed by atoms with Crippen LogP contribution in [0, 0.1) is 12.7 Å². The zero-order valence-corrected chi connectivity index (χ0v) is 15.7. The largest absolute Gasteiger partial charge is 0.366 e. The molecule has 1 aliphatic carbocycles. The van der Waals surface area contributed by atoms with E-state index in [1.807, 2.05) is 15.9 Å². The van der Waals surface area contributed by atoms with Gasteiger partial charge in [-0.05, 0) is 37.5 Å². The third-order valence-corrected chi connectivity index (χ3v) is 5.86. The molecule has 1 aliphatic heterocycles. The van der Waals surface area contributed by atoms with Gasteiger partial charge in [0.25, 0.3) is 0 Å². The Morgan fingerprint density at radius 2 is 1.70 bits per heavy atom. The fourth-order valence-electron chi connectivity index (χ4n) is 3.84. The molecule has 2 aromatic carbocycles. The Labute approximate surface area is 160 Å².